The van der Waals surface area contributed by atoms with E-state index >= 15 is 0 Å². The maximum Gasteiger partial charge on any atom is 0.269 e. The van der Waals surface area contributed by atoms with Crippen LogP contribution in [0.5, 0.6) is 0 Å². The molecule has 0 unspecified atom stereocenters. The molecule has 0 bridgehead atoms. The number of carbonyl (C=O) groups excluding carboxylic acids is 1. The molecule has 0 saturated heterocycles. The number of nitrogens with one attached hydrogen (secondary N) is 1. The third-order valence-corrected chi connectivity index (χ3v) is 3.06. The molecule has 1 amide bonds. The van der Waals surface area contributed by atoms with Gasteiger partial charge in [-0.15, -0.1) is 0 Å². The van der Waals surface area contributed by atoms with Gasteiger partial charge in [0.15, 0.2) is 0 Å². The molecule has 1 aromatic heterocycles. The van der Waals surface area contributed by atoms with Crippen LogP contribution in [0.25, 0.3) is 0 Å². The summed E-state index contributed by atoms with van der Waals surface area (Å²) in [5, 5.41) is 17.1. The fraction of sp³-hybridized carbons (Fsp3) is 0.692. The van der Waals surface area contributed by atoms with Crippen molar-refractivity contribution in [1.29, 1.82) is 0 Å². The first-order chi connectivity index (χ1) is 8.52. The van der Waals surface area contributed by atoms with E-state index in [-0.39, 0.29) is 5.91 Å². The summed E-state index contributed by atoms with van der Waals surface area (Å²) in [5.41, 5.74) is -0.289. The normalized spacial score (nSPS) is 11.6. The fourth-order valence-electron chi connectivity index (χ4n) is 2.16. The molecular formula is C13H23N3O2. The van der Waals surface area contributed by atoms with Crippen molar-refractivity contribution in [1.82, 2.24) is 15.1 Å². The van der Waals surface area contributed by atoms with Crippen molar-refractivity contribution in [2.45, 2.75) is 45.1 Å². The Bertz CT molecular complexity index is 381. The summed E-state index contributed by atoms with van der Waals surface area (Å²) in [4.78, 5) is 11.9. The molecule has 0 radical (unpaired) electrons. The topological polar surface area (TPSA) is 67.2 Å². The number of hydrogen-bond acceptors (Lipinski definition) is 3. The third-order valence-electron chi connectivity index (χ3n) is 3.06. The Morgan fingerprint density at radius 2 is 2.06 bits per heavy atom. The first kappa shape index (κ1) is 14.7. The van der Waals surface area contributed by atoms with E-state index in [1.54, 1.807) is 19.3 Å². The van der Waals surface area contributed by atoms with Crippen LogP contribution >= 0.6 is 0 Å². The second kappa shape index (κ2) is 6.54. The van der Waals surface area contributed by atoms with Crippen LogP contribution in [0.4, 0.5) is 0 Å². The average Bonchev–Trinajstić information content (AvgIpc) is 2.73. The second-order valence-corrected chi connectivity index (χ2v) is 4.75. The van der Waals surface area contributed by atoms with Gasteiger partial charge >= 0.3 is 0 Å². The quantitative estimate of drug-likeness (QED) is 0.773. The summed E-state index contributed by atoms with van der Waals surface area (Å²) < 4.78 is 1.52. The van der Waals surface area contributed by atoms with E-state index in [4.69, 9.17) is 0 Å². The van der Waals surface area contributed by atoms with Crippen molar-refractivity contribution >= 4 is 5.91 Å². The molecule has 18 heavy (non-hydrogen) atoms. The van der Waals surface area contributed by atoms with E-state index in [1.807, 2.05) is 13.8 Å². The first-order valence-corrected chi connectivity index (χ1v) is 6.51. The summed E-state index contributed by atoms with van der Waals surface area (Å²) in [5.74, 6) is -0.194. The van der Waals surface area contributed by atoms with Crippen molar-refractivity contribution in [2.75, 3.05) is 6.54 Å². The van der Waals surface area contributed by atoms with E-state index in [0.29, 0.717) is 25.1 Å². The molecule has 1 heterocycles. The van der Waals surface area contributed by atoms with Gasteiger partial charge in [0.1, 0.15) is 5.69 Å². The molecule has 5 nitrogen and oxygen atoms in total. The van der Waals surface area contributed by atoms with Crippen molar-refractivity contribution in [2.24, 2.45) is 7.05 Å². The molecule has 0 saturated carbocycles. The predicted molar refractivity (Wildman–Crippen MR) is 70.3 cm³/mol. The monoisotopic (exact) mass is 253 g/mol. The minimum atomic E-state index is -0.794. The van der Waals surface area contributed by atoms with Gasteiger partial charge in [0.2, 0.25) is 0 Å². The van der Waals surface area contributed by atoms with Crippen LogP contribution in [0.15, 0.2) is 12.3 Å². The Hall–Kier alpha value is -1.36. The molecule has 2 N–H and O–H groups in total. The summed E-state index contributed by atoms with van der Waals surface area (Å²) in [7, 11) is 1.72. The van der Waals surface area contributed by atoms with Crippen LogP contribution in [-0.4, -0.2) is 32.9 Å². The van der Waals surface area contributed by atoms with Crippen LogP contribution < -0.4 is 5.32 Å². The summed E-state index contributed by atoms with van der Waals surface area (Å²) in [6.07, 6.45) is 4.79. The Morgan fingerprint density at radius 1 is 1.44 bits per heavy atom. The standard InChI is InChI=1S/C13H23N3O2/c1-4-7-13(18,8-5-2)10-14-12(17)11-6-9-15-16(11)3/h6,9,18H,4-5,7-8,10H2,1-3H3,(H,14,17). The number of aliphatic hydroxyl groups is 1. The Kier molecular flexibility index (Phi) is 5.34. The molecule has 0 aliphatic carbocycles. The Labute approximate surface area is 108 Å². The van der Waals surface area contributed by atoms with E-state index in [1.165, 1.54) is 4.68 Å². The van der Waals surface area contributed by atoms with Crippen molar-refractivity contribution in [3.8, 4) is 0 Å². The molecule has 102 valence electrons. The molecular weight excluding hydrogens is 230 g/mol. The zero-order chi connectivity index (χ0) is 13.6. The van der Waals surface area contributed by atoms with Crippen LogP contribution in [0.2, 0.25) is 0 Å². The predicted octanol–water partition coefficient (Wildman–Crippen LogP) is 1.48. The number of aryl methyl sites for hydroxylation is 1. The molecule has 0 fully saturated rings. The number of amides is 1. The lowest BCUT2D eigenvalue weighted by atomic mass is 9.92. The largest absolute Gasteiger partial charge is 0.388 e. The zero-order valence-corrected chi connectivity index (χ0v) is 11.4. The maximum absolute atomic E-state index is 11.9. The van der Waals surface area contributed by atoms with E-state index < -0.39 is 5.60 Å². The molecule has 1 rings (SSSR count). The highest BCUT2D eigenvalue weighted by Gasteiger charge is 2.25. The fourth-order valence-corrected chi connectivity index (χ4v) is 2.16. The van der Waals surface area contributed by atoms with E-state index in [2.05, 4.69) is 10.4 Å². The van der Waals surface area contributed by atoms with Gasteiger partial charge in [-0.2, -0.15) is 5.10 Å². The highest BCUT2D eigenvalue weighted by atomic mass is 16.3. The maximum atomic E-state index is 11.9. The number of aromatic nitrogens is 2. The molecule has 0 aromatic carbocycles. The Balaban J connectivity index is 2.57. The number of carbonyl (C=O) groups is 1. The smallest absolute Gasteiger partial charge is 0.269 e. The van der Waals surface area contributed by atoms with Crippen molar-refractivity contribution < 1.29 is 9.90 Å². The lowest BCUT2D eigenvalue weighted by Crippen LogP contribution is -2.43. The van der Waals surface area contributed by atoms with E-state index in [0.717, 1.165) is 12.8 Å². The zero-order valence-electron chi connectivity index (χ0n) is 11.4. The summed E-state index contributed by atoms with van der Waals surface area (Å²) >= 11 is 0. The molecule has 5 heteroatoms. The van der Waals surface area contributed by atoms with Crippen molar-refractivity contribution in [3.05, 3.63) is 18.0 Å². The number of rotatable bonds is 7. The van der Waals surface area contributed by atoms with Gasteiger partial charge in [0.05, 0.1) is 5.60 Å². The lowest BCUT2D eigenvalue weighted by molar-refractivity contribution is 0.0212. The van der Waals surface area contributed by atoms with Gasteiger partial charge in [0, 0.05) is 19.8 Å². The minimum Gasteiger partial charge on any atom is -0.388 e. The van der Waals surface area contributed by atoms with Crippen LogP contribution in [-0.2, 0) is 7.05 Å². The highest BCUT2D eigenvalue weighted by Crippen LogP contribution is 2.18. The molecule has 0 spiro atoms. The van der Waals surface area contributed by atoms with Gasteiger partial charge in [-0.1, -0.05) is 26.7 Å². The van der Waals surface area contributed by atoms with Crippen LogP contribution in [0, 0.1) is 0 Å². The van der Waals surface area contributed by atoms with Crippen LogP contribution in [0.3, 0.4) is 0 Å². The molecule has 0 aliphatic heterocycles. The van der Waals surface area contributed by atoms with Gasteiger partial charge < -0.3 is 10.4 Å². The Morgan fingerprint density at radius 3 is 2.50 bits per heavy atom. The lowest BCUT2D eigenvalue weighted by Gasteiger charge is -2.27. The van der Waals surface area contributed by atoms with Gasteiger partial charge in [0.25, 0.3) is 5.91 Å². The SMILES string of the molecule is CCCC(O)(CCC)CNC(=O)c1ccnn1C. The molecule has 0 atom stereocenters. The van der Waals surface area contributed by atoms with Gasteiger partial charge in [-0.25, -0.2) is 0 Å². The minimum absolute atomic E-state index is 0.194. The first-order valence-electron chi connectivity index (χ1n) is 6.51. The molecule has 0 aliphatic rings. The van der Waals surface area contributed by atoms with Crippen molar-refractivity contribution in [3.63, 3.8) is 0 Å². The second-order valence-electron chi connectivity index (χ2n) is 4.75. The highest BCUT2D eigenvalue weighted by molar-refractivity contribution is 5.92. The van der Waals surface area contributed by atoms with E-state index in [9.17, 15) is 9.90 Å². The number of hydrogen-bond donors (Lipinski definition) is 2. The van der Waals surface area contributed by atoms with Gasteiger partial charge in [-0.3, -0.25) is 9.48 Å². The summed E-state index contributed by atoms with van der Waals surface area (Å²) in [6, 6.07) is 1.66. The molecule has 1 aromatic rings. The van der Waals surface area contributed by atoms with Gasteiger partial charge in [-0.05, 0) is 18.9 Å². The average molecular weight is 253 g/mol. The third kappa shape index (κ3) is 3.84. The van der Waals surface area contributed by atoms with Crippen LogP contribution in [0.1, 0.15) is 50.0 Å². The number of nitrogens with zero attached hydrogens (tertiary/aromatic N) is 2. The summed E-state index contributed by atoms with van der Waals surface area (Å²) in [6.45, 7) is 4.35.